The Morgan fingerprint density at radius 1 is 1.43 bits per heavy atom. The summed E-state index contributed by atoms with van der Waals surface area (Å²) < 4.78 is 24.9. The summed E-state index contributed by atoms with van der Waals surface area (Å²) in [5.41, 5.74) is -0.301. The van der Waals surface area contributed by atoms with Gasteiger partial charge in [-0.1, -0.05) is 0 Å². The molecule has 6 nitrogen and oxygen atoms in total. The minimum absolute atomic E-state index is 0.220. The fourth-order valence-corrected chi connectivity index (χ4v) is 3.84. The Balaban J connectivity index is 1.92. The highest BCUT2D eigenvalue weighted by atomic mass is 32.2. The fourth-order valence-electron chi connectivity index (χ4n) is 3.31. The van der Waals surface area contributed by atoms with Crippen LogP contribution in [-0.4, -0.2) is 58.2 Å². The van der Waals surface area contributed by atoms with E-state index in [4.69, 9.17) is 0 Å². The van der Waals surface area contributed by atoms with Gasteiger partial charge in [0.15, 0.2) is 0 Å². The summed E-state index contributed by atoms with van der Waals surface area (Å²) in [6.45, 7) is 5.66. The van der Waals surface area contributed by atoms with Crippen molar-refractivity contribution in [2.75, 3.05) is 39.0 Å². The molecule has 2 rings (SSSR count). The van der Waals surface area contributed by atoms with Gasteiger partial charge < -0.3 is 10.2 Å². The van der Waals surface area contributed by atoms with Gasteiger partial charge in [0, 0.05) is 26.2 Å². The van der Waals surface area contributed by atoms with Crippen LogP contribution in [0.5, 0.6) is 0 Å². The topological polar surface area (TPSA) is 78.5 Å². The van der Waals surface area contributed by atoms with Crippen molar-refractivity contribution in [2.24, 2.45) is 11.3 Å². The zero-order valence-corrected chi connectivity index (χ0v) is 13.8. The van der Waals surface area contributed by atoms with E-state index in [1.54, 1.807) is 0 Å². The Morgan fingerprint density at radius 2 is 2.19 bits per heavy atom. The van der Waals surface area contributed by atoms with Gasteiger partial charge >= 0.3 is 0 Å². The predicted octanol–water partition coefficient (Wildman–Crippen LogP) is 0.164. The van der Waals surface area contributed by atoms with E-state index in [0.717, 1.165) is 45.3 Å². The van der Waals surface area contributed by atoms with Crippen LogP contribution >= 0.6 is 0 Å². The van der Waals surface area contributed by atoms with E-state index in [1.807, 2.05) is 11.8 Å². The molecule has 0 aromatic heterocycles. The van der Waals surface area contributed by atoms with E-state index < -0.39 is 10.0 Å². The Bertz CT molecular complexity index is 472. The summed E-state index contributed by atoms with van der Waals surface area (Å²) >= 11 is 0. The highest BCUT2D eigenvalue weighted by Crippen LogP contribution is 2.30. The lowest BCUT2D eigenvalue weighted by Gasteiger charge is -2.41. The number of piperidine rings is 2. The molecule has 0 spiro atoms. The third-order valence-electron chi connectivity index (χ3n) is 4.55. The minimum atomic E-state index is -3.16. The van der Waals surface area contributed by atoms with Crippen LogP contribution < -0.4 is 10.0 Å². The summed E-state index contributed by atoms with van der Waals surface area (Å²) in [5.74, 6) is 0.441. The number of nitrogens with one attached hydrogen (secondary N) is 2. The molecule has 2 aliphatic rings. The molecule has 2 saturated heterocycles. The Labute approximate surface area is 127 Å². The highest BCUT2D eigenvalue weighted by Gasteiger charge is 2.39. The molecule has 1 amide bonds. The van der Waals surface area contributed by atoms with Gasteiger partial charge in [0.25, 0.3) is 0 Å². The molecule has 2 aliphatic heterocycles. The summed E-state index contributed by atoms with van der Waals surface area (Å²) in [6, 6.07) is 0. The van der Waals surface area contributed by atoms with Crippen LogP contribution in [0.25, 0.3) is 0 Å². The molecule has 0 radical (unpaired) electrons. The summed E-state index contributed by atoms with van der Waals surface area (Å²) in [7, 11) is -3.16. The first-order valence-corrected chi connectivity index (χ1v) is 9.64. The molecular formula is C14H27N3O3S. The summed E-state index contributed by atoms with van der Waals surface area (Å²) in [5, 5.41) is 3.31. The van der Waals surface area contributed by atoms with E-state index in [0.29, 0.717) is 13.1 Å². The first-order chi connectivity index (χ1) is 9.80. The Morgan fingerprint density at radius 3 is 2.81 bits per heavy atom. The van der Waals surface area contributed by atoms with Gasteiger partial charge in [-0.05, 0) is 45.1 Å². The highest BCUT2D eigenvalue weighted by molar-refractivity contribution is 7.88. The van der Waals surface area contributed by atoms with Crippen molar-refractivity contribution < 1.29 is 13.2 Å². The van der Waals surface area contributed by atoms with Crippen LogP contribution in [0.3, 0.4) is 0 Å². The van der Waals surface area contributed by atoms with Crippen LogP contribution in [0, 0.1) is 11.3 Å². The molecule has 2 atom stereocenters. The second-order valence-electron chi connectivity index (χ2n) is 6.72. The standard InChI is InChI=1S/C14H27N3O3S/c1-14(6-4-7-15-11-14)13(18)17-8-3-5-12(10-17)9-16-21(2,19)20/h12,15-16H,3-11H2,1-2H3. The second-order valence-corrected chi connectivity index (χ2v) is 8.55. The molecule has 0 saturated carbocycles. The van der Waals surface area contributed by atoms with Gasteiger partial charge in [-0.2, -0.15) is 0 Å². The van der Waals surface area contributed by atoms with Gasteiger partial charge in [0.1, 0.15) is 0 Å². The molecule has 2 N–H and O–H groups in total. The number of amides is 1. The lowest BCUT2D eigenvalue weighted by atomic mass is 9.80. The van der Waals surface area contributed by atoms with Crippen molar-refractivity contribution >= 4 is 15.9 Å². The largest absolute Gasteiger partial charge is 0.342 e. The molecule has 0 aromatic rings. The number of hydrogen-bond donors (Lipinski definition) is 2. The SMILES string of the molecule is CC1(C(=O)N2CCCC(CNS(C)(=O)=O)C2)CCCNC1. The number of likely N-dealkylation sites (tertiary alicyclic amines) is 1. The van der Waals surface area contributed by atoms with Crippen molar-refractivity contribution in [1.29, 1.82) is 0 Å². The predicted molar refractivity (Wildman–Crippen MR) is 82.4 cm³/mol. The summed E-state index contributed by atoms with van der Waals surface area (Å²) in [4.78, 5) is 14.7. The lowest BCUT2D eigenvalue weighted by molar-refractivity contribution is -0.144. The molecule has 2 fully saturated rings. The molecule has 2 heterocycles. The van der Waals surface area contributed by atoms with Gasteiger partial charge in [-0.3, -0.25) is 4.79 Å². The molecule has 0 aromatic carbocycles. The quantitative estimate of drug-likeness (QED) is 0.774. The number of rotatable bonds is 4. The van der Waals surface area contributed by atoms with Crippen molar-refractivity contribution in [1.82, 2.24) is 14.9 Å². The van der Waals surface area contributed by atoms with E-state index >= 15 is 0 Å². The molecular weight excluding hydrogens is 290 g/mol. The molecule has 0 bridgehead atoms. The van der Waals surface area contributed by atoms with Crippen LogP contribution in [0.2, 0.25) is 0 Å². The normalized spacial score (nSPS) is 31.1. The summed E-state index contributed by atoms with van der Waals surface area (Å²) in [6.07, 6.45) is 5.07. The van der Waals surface area contributed by atoms with Crippen molar-refractivity contribution in [3.8, 4) is 0 Å². The van der Waals surface area contributed by atoms with Crippen molar-refractivity contribution in [3.63, 3.8) is 0 Å². The first-order valence-electron chi connectivity index (χ1n) is 7.75. The van der Waals surface area contributed by atoms with Crippen molar-refractivity contribution in [3.05, 3.63) is 0 Å². The average molecular weight is 317 g/mol. The number of carbonyl (C=O) groups excluding carboxylic acids is 1. The maximum atomic E-state index is 12.8. The first kappa shape index (κ1) is 16.7. The Kier molecular flexibility index (Phi) is 5.27. The molecule has 122 valence electrons. The number of hydrogen-bond acceptors (Lipinski definition) is 4. The van der Waals surface area contributed by atoms with Crippen molar-refractivity contribution in [2.45, 2.75) is 32.6 Å². The van der Waals surface area contributed by atoms with Gasteiger partial charge in [0.2, 0.25) is 15.9 Å². The lowest BCUT2D eigenvalue weighted by Crippen LogP contribution is -2.53. The fraction of sp³-hybridized carbons (Fsp3) is 0.929. The van der Waals surface area contributed by atoms with E-state index in [1.165, 1.54) is 6.26 Å². The van der Waals surface area contributed by atoms with E-state index in [9.17, 15) is 13.2 Å². The van der Waals surface area contributed by atoms with Gasteiger partial charge in [-0.15, -0.1) is 0 Å². The third-order valence-corrected chi connectivity index (χ3v) is 5.25. The minimum Gasteiger partial charge on any atom is -0.342 e. The zero-order chi connectivity index (χ0) is 15.5. The number of nitrogens with zero attached hydrogens (tertiary/aromatic N) is 1. The third kappa shape index (κ3) is 4.66. The van der Waals surface area contributed by atoms with Crippen LogP contribution in [0.4, 0.5) is 0 Å². The zero-order valence-electron chi connectivity index (χ0n) is 13.0. The van der Waals surface area contributed by atoms with E-state index in [-0.39, 0.29) is 17.2 Å². The maximum Gasteiger partial charge on any atom is 0.229 e. The molecule has 7 heteroatoms. The molecule has 0 aliphatic carbocycles. The van der Waals surface area contributed by atoms with Crippen LogP contribution in [0.1, 0.15) is 32.6 Å². The number of sulfonamides is 1. The monoisotopic (exact) mass is 317 g/mol. The van der Waals surface area contributed by atoms with Gasteiger partial charge in [-0.25, -0.2) is 13.1 Å². The van der Waals surface area contributed by atoms with Gasteiger partial charge in [0.05, 0.1) is 11.7 Å². The smallest absolute Gasteiger partial charge is 0.229 e. The second kappa shape index (κ2) is 6.62. The van der Waals surface area contributed by atoms with Crippen LogP contribution in [0.15, 0.2) is 0 Å². The van der Waals surface area contributed by atoms with E-state index in [2.05, 4.69) is 10.0 Å². The molecule has 21 heavy (non-hydrogen) atoms. The number of carbonyl (C=O) groups is 1. The van der Waals surface area contributed by atoms with Crippen LogP contribution in [-0.2, 0) is 14.8 Å². The average Bonchev–Trinajstić information content (AvgIpc) is 2.45. The molecule has 2 unspecified atom stereocenters. The Hall–Kier alpha value is -0.660. The maximum absolute atomic E-state index is 12.8.